The fourth-order valence-corrected chi connectivity index (χ4v) is 4.02. The summed E-state index contributed by atoms with van der Waals surface area (Å²) in [5.41, 5.74) is 4.75. The monoisotopic (exact) mass is 392 g/mol. The van der Waals surface area contributed by atoms with E-state index in [1.54, 1.807) is 0 Å². The third-order valence-electron chi connectivity index (χ3n) is 5.42. The maximum absolute atomic E-state index is 9.34. The van der Waals surface area contributed by atoms with E-state index in [9.17, 15) is 5.11 Å². The van der Waals surface area contributed by atoms with Gasteiger partial charge in [-0.25, -0.2) is 0 Å². The van der Waals surface area contributed by atoms with E-state index in [2.05, 4.69) is 64.4 Å². The zero-order valence-corrected chi connectivity index (χ0v) is 16.6. The molecule has 0 spiro atoms. The minimum atomic E-state index is 0.0751. The second-order valence-corrected chi connectivity index (χ2v) is 7.74. The van der Waals surface area contributed by atoms with Gasteiger partial charge in [-0.15, -0.1) is 0 Å². The van der Waals surface area contributed by atoms with Gasteiger partial charge in [-0.1, -0.05) is 66.2 Å². The molecule has 1 heterocycles. The van der Waals surface area contributed by atoms with Crippen molar-refractivity contribution in [1.82, 2.24) is 4.90 Å². The van der Waals surface area contributed by atoms with Crippen molar-refractivity contribution in [2.45, 2.75) is 19.2 Å². The van der Waals surface area contributed by atoms with E-state index in [1.165, 1.54) is 16.8 Å². The van der Waals surface area contributed by atoms with Crippen molar-refractivity contribution >= 4 is 17.3 Å². The second kappa shape index (κ2) is 8.78. The number of hydrogen-bond donors (Lipinski definition) is 1. The van der Waals surface area contributed by atoms with Gasteiger partial charge in [-0.3, -0.25) is 4.90 Å². The van der Waals surface area contributed by atoms with Crippen LogP contribution in [0.4, 0.5) is 5.69 Å². The molecule has 0 bridgehead atoms. The number of rotatable bonds is 5. The number of piperazine rings is 1. The molecule has 1 atom stereocenters. The Morgan fingerprint density at radius 1 is 0.821 bits per heavy atom. The molecule has 3 aromatic rings. The Labute approximate surface area is 171 Å². The molecule has 0 aliphatic carbocycles. The topological polar surface area (TPSA) is 26.7 Å². The van der Waals surface area contributed by atoms with E-state index < -0.39 is 0 Å². The summed E-state index contributed by atoms with van der Waals surface area (Å²) in [6, 6.07) is 27.4. The number of hydrogen-bond acceptors (Lipinski definition) is 3. The van der Waals surface area contributed by atoms with Gasteiger partial charge in [-0.2, -0.15) is 0 Å². The van der Waals surface area contributed by atoms with Crippen molar-refractivity contribution in [3.8, 4) is 0 Å². The van der Waals surface area contributed by atoms with Crippen LogP contribution in [0.3, 0.4) is 0 Å². The maximum Gasteiger partial charge on any atom is 0.0681 e. The molecule has 144 valence electrons. The van der Waals surface area contributed by atoms with Gasteiger partial charge in [0.05, 0.1) is 12.6 Å². The fourth-order valence-electron chi connectivity index (χ4n) is 3.90. The first-order valence-corrected chi connectivity index (χ1v) is 10.1. The lowest BCUT2D eigenvalue weighted by Gasteiger charge is -2.43. The van der Waals surface area contributed by atoms with Crippen LogP contribution in [0.5, 0.6) is 0 Å². The van der Waals surface area contributed by atoms with Crippen molar-refractivity contribution in [2.75, 3.05) is 24.5 Å². The number of aliphatic hydroxyl groups excluding tert-OH is 1. The summed E-state index contributed by atoms with van der Waals surface area (Å²) in [5, 5.41) is 10.1. The van der Waals surface area contributed by atoms with Crippen LogP contribution < -0.4 is 4.90 Å². The Morgan fingerprint density at radius 3 is 2.21 bits per heavy atom. The second-order valence-electron chi connectivity index (χ2n) is 7.31. The Hall–Kier alpha value is -2.33. The molecule has 3 aromatic carbocycles. The molecule has 1 aliphatic heterocycles. The van der Waals surface area contributed by atoms with Crippen LogP contribution in [0.2, 0.25) is 5.02 Å². The third-order valence-corrected chi connectivity index (χ3v) is 5.67. The fraction of sp³-hybridized carbons (Fsp3) is 0.250. The summed E-state index contributed by atoms with van der Waals surface area (Å²) in [7, 11) is 0. The van der Waals surface area contributed by atoms with Crippen LogP contribution in [-0.4, -0.2) is 29.6 Å². The lowest BCUT2D eigenvalue weighted by atomic mass is 10.0. The summed E-state index contributed by atoms with van der Waals surface area (Å²) in [6.07, 6.45) is 0. The number of halogens is 1. The predicted octanol–water partition coefficient (Wildman–Crippen LogP) is 4.90. The van der Waals surface area contributed by atoms with E-state index >= 15 is 0 Å². The van der Waals surface area contributed by atoms with Gasteiger partial charge < -0.3 is 10.0 Å². The van der Waals surface area contributed by atoms with Gasteiger partial charge in [0.25, 0.3) is 0 Å². The van der Waals surface area contributed by atoms with Crippen molar-refractivity contribution in [3.63, 3.8) is 0 Å². The molecule has 4 heteroatoms. The molecular weight excluding hydrogens is 368 g/mol. The first kappa shape index (κ1) is 19.0. The van der Waals surface area contributed by atoms with E-state index in [-0.39, 0.29) is 12.6 Å². The van der Waals surface area contributed by atoms with Crippen molar-refractivity contribution < 1.29 is 5.11 Å². The molecule has 1 saturated heterocycles. The lowest BCUT2D eigenvalue weighted by Crippen LogP contribution is -2.48. The average molecular weight is 393 g/mol. The highest BCUT2D eigenvalue weighted by Crippen LogP contribution is 2.32. The summed E-state index contributed by atoms with van der Waals surface area (Å²) >= 11 is 6.13. The summed E-state index contributed by atoms with van der Waals surface area (Å²) in [5.74, 6) is 0. The molecule has 4 rings (SSSR count). The third kappa shape index (κ3) is 4.39. The quantitative estimate of drug-likeness (QED) is 0.669. The highest BCUT2D eigenvalue weighted by Gasteiger charge is 2.28. The normalized spacial score (nSPS) is 17.6. The smallest absolute Gasteiger partial charge is 0.0681 e. The van der Waals surface area contributed by atoms with Gasteiger partial charge in [0.1, 0.15) is 0 Å². The Kier molecular flexibility index (Phi) is 5.96. The first-order valence-electron chi connectivity index (χ1n) is 9.71. The van der Waals surface area contributed by atoms with Gasteiger partial charge in [0, 0.05) is 36.9 Å². The molecule has 28 heavy (non-hydrogen) atoms. The molecule has 1 aliphatic rings. The largest absolute Gasteiger partial charge is 0.392 e. The predicted molar refractivity (Wildman–Crippen MR) is 116 cm³/mol. The molecule has 0 aromatic heterocycles. The number of anilines is 1. The first-order chi connectivity index (χ1) is 13.7. The van der Waals surface area contributed by atoms with E-state index in [1.807, 2.05) is 24.3 Å². The minimum absolute atomic E-state index is 0.0751. The standard InChI is InChI=1S/C24H25ClN2O/c25-22-10-8-21(9-11-22)24-17-26(16-19-4-2-1-3-5-19)14-15-27(24)23-12-6-20(18-28)7-13-23/h1-13,24,28H,14-18H2/t24-/m0/s1. The van der Waals surface area contributed by atoms with Gasteiger partial charge in [-0.05, 0) is 41.0 Å². The number of nitrogens with zero attached hydrogens (tertiary/aromatic N) is 2. The molecule has 0 saturated carbocycles. The lowest BCUT2D eigenvalue weighted by molar-refractivity contribution is 0.215. The maximum atomic E-state index is 9.34. The van der Waals surface area contributed by atoms with Gasteiger partial charge in [0.2, 0.25) is 0 Å². The number of benzene rings is 3. The van der Waals surface area contributed by atoms with E-state index in [0.29, 0.717) is 0 Å². The average Bonchev–Trinajstić information content (AvgIpc) is 2.75. The van der Waals surface area contributed by atoms with Crippen LogP contribution in [0, 0.1) is 0 Å². The highest BCUT2D eigenvalue weighted by molar-refractivity contribution is 6.30. The van der Waals surface area contributed by atoms with Crippen LogP contribution in [0.15, 0.2) is 78.9 Å². The Balaban J connectivity index is 1.59. The molecule has 3 nitrogen and oxygen atoms in total. The molecule has 1 N–H and O–H groups in total. The molecule has 0 radical (unpaired) electrons. The number of aliphatic hydroxyl groups is 1. The van der Waals surface area contributed by atoms with E-state index in [4.69, 9.17) is 11.6 Å². The molecule has 1 fully saturated rings. The molecular formula is C24H25ClN2O. The molecule has 0 amide bonds. The van der Waals surface area contributed by atoms with Crippen LogP contribution >= 0.6 is 11.6 Å². The minimum Gasteiger partial charge on any atom is -0.392 e. The zero-order valence-electron chi connectivity index (χ0n) is 15.8. The van der Waals surface area contributed by atoms with Crippen LogP contribution in [-0.2, 0) is 13.2 Å². The summed E-state index contributed by atoms with van der Waals surface area (Å²) < 4.78 is 0. The highest BCUT2D eigenvalue weighted by atomic mass is 35.5. The van der Waals surface area contributed by atoms with Crippen LogP contribution in [0.1, 0.15) is 22.7 Å². The summed E-state index contributed by atoms with van der Waals surface area (Å²) in [6.45, 7) is 3.96. The zero-order chi connectivity index (χ0) is 19.3. The van der Waals surface area contributed by atoms with Gasteiger partial charge in [0.15, 0.2) is 0 Å². The van der Waals surface area contributed by atoms with Crippen molar-refractivity contribution in [1.29, 1.82) is 0 Å². The van der Waals surface area contributed by atoms with Crippen molar-refractivity contribution in [2.24, 2.45) is 0 Å². The Morgan fingerprint density at radius 2 is 1.54 bits per heavy atom. The SMILES string of the molecule is OCc1ccc(N2CCN(Cc3ccccc3)C[C@H]2c2ccc(Cl)cc2)cc1. The van der Waals surface area contributed by atoms with Gasteiger partial charge >= 0.3 is 0 Å². The Bertz CT molecular complexity index is 881. The molecule has 0 unspecified atom stereocenters. The summed E-state index contributed by atoms with van der Waals surface area (Å²) in [4.78, 5) is 4.99. The van der Waals surface area contributed by atoms with Crippen LogP contribution in [0.25, 0.3) is 0 Å². The van der Waals surface area contributed by atoms with E-state index in [0.717, 1.165) is 36.8 Å². The van der Waals surface area contributed by atoms with Crippen molar-refractivity contribution in [3.05, 3.63) is 101 Å².